The molecule has 1 heterocycles. The molecule has 1 fully saturated rings. The molecule has 1 aromatic carbocycles. The third kappa shape index (κ3) is 6.46. The van der Waals surface area contributed by atoms with Crippen molar-refractivity contribution < 1.29 is 14.0 Å². The maximum Gasteiger partial charge on any atom is 0.223 e. The number of amides is 2. The Bertz CT molecular complexity index is 567. The zero-order valence-electron chi connectivity index (χ0n) is 15.2. The summed E-state index contributed by atoms with van der Waals surface area (Å²) in [5, 5.41) is 0. The number of benzene rings is 1. The minimum absolute atomic E-state index is 0.141. The van der Waals surface area contributed by atoms with Crippen molar-refractivity contribution in [3.8, 4) is 0 Å². The molecule has 0 radical (unpaired) electrons. The van der Waals surface area contributed by atoms with Crippen LogP contribution in [-0.2, 0) is 16.0 Å². The first-order valence-electron chi connectivity index (χ1n) is 8.90. The second-order valence-electron chi connectivity index (χ2n) is 6.79. The molecular weight excluding hydrogens is 321 g/mol. The van der Waals surface area contributed by atoms with E-state index in [0.717, 1.165) is 24.9 Å². The van der Waals surface area contributed by atoms with Gasteiger partial charge in [-0.05, 0) is 44.6 Å². The summed E-state index contributed by atoms with van der Waals surface area (Å²) in [5.74, 6) is 0.0671. The lowest BCUT2D eigenvalue weighted by Crippen LogP contribution is -2.50. The Balaban J connectivity index is 1.66. The van der Waals surface area contributed by atoms with Gasteiger partial charge in [0.05, 0.1) is 0 Å². The van der Waals surface area contributed by atoms with E-state index in [1.807, 2.05) is 28.8 Å². The lowest BCUT2D eigenvalue weighted by molar-refractivity contribution is -0.139. The highest BCUT2D eigenvalue weighted by molar-refractivity contribution is 5.78. The van der Waals surface area contributed by atoms with Crippen molar-refractivity contribution in [2.24, 2.45) is 0 Å². The average molecular weight is 349 g/mol. The fourth-order valence-corrected chi connectivity index (χ4v) is 2.94. The number of nitrogens with zero attached hydrogens (tertiary/aromatic N) is 3. The monoisotopic (exact) mass is 349 g/mol. The summed E-state index contributed by atoms with van der Waals surface area (Å²) in [6.07, 6.45) is 2.55. The maximum absolute atomic E-state index is 12.9. The molecule has 1 aliphatic rings. The topological polar surface area (TPSA) is 43.9 Å². The van der Waals surface area contributed by atoms with Crippen LogP contribution in [0.4, 0.5) is 4.39 Å². The van der Waals surface area contributed by atoms with Crippen LogP contribution in [0.15, 0.2) is 24.3 Å². The zero-order valence-corrected chi connectivity index (χ0v) is 15.2. The molecule has 25 heavy (non-hydrogen) atoms. The highest BCUT2D eigenvalue weighted by Crippen LogP contribution is 2.10. The van der Waals surface area contributed by atoms with Crippen molar-refractivity contribution in [2.45, 2.75) is 25.7 Å². The molecule has 0 aliphatic carbocycles. The molecule has 1 aliphatic heterocycles. The van der Waals surface area contributed by atoms with Gasteiger partial charge in [0.2, 0.25) is 11.8 Å². The molecule has 6 heteroatoms. The van der Waals surface area contributed by atoms with Gasteiger partial charge in [-0.1, -0.05) is 12.1 Å². The van der Waals surface area contributed by atoms with Crippen LogP contribution in [0.2, 0.25) is 0 Å². The van der Waals surface area contributed by atoms with Crippen LogP contribution in [0.1, 0.15) is 24.8 Å². The van der Waals surface area contributed by atoms with Crippen LogP contribution < -0.4 is 0 Å². The van der Waals surface area contributed by atoms with E-state index in [1.165, 1.54) is 12.1 Å². The standard InChI is InChI=1S/C19H28FN3O2/c1-21(2)11-10-19(25)23-14-12-22(13-15-23)18(24)5-3-4-16-6-8-17(20)9-7-16/h6-9H,3-5,10-15H2,1-2H3. The van der Waals surface area contributed by atoms with Gasteiger partial charge in [-0.3, -0.25) is 9.59 Å². The number of hydrogen-bond acceptors (Lipinski definition) is 3. The SMILES string of the molecule is CN(C)CCC(=O)N1CCN(C(=O)CCCc2ccc(F)cc2)CC1. The number of piperazine rings is 1. The predicted octanol–water partition coefficient (Wildman–Crippen LogP) is 1.77. The smallest absolute Gasteiger partial charge is 0.223 e. The molecule has 2 amide bonds. The van der Waals surface area contributed by atoms with Gasteiger partial charge in [0, 0.05) is 45.6 Å². The highest BCUT2D eigenvalue weighted by atomic mass is 19.1. The Morgan fingerprint density at radius 3 is 2.00 bits per heavy atom. The molecule has 0 atom stereocenters. The Labute approximate surface area is 149 Å². The van der Waals surface area contributed by atoms with E-state index in [0.29, 0.717) is 39.0 Å². The molecule has 1 saturated heterocycles. The maximum atomic E-state index is 12.9. The van der Waals surface area contributed by atoms with E-state index in [-0.39, 0.29) is 17.6 Å². The number of halogens is 1. The van der Waals surface area contributed by atoms with Gasteiger partial charge in [-0.25, -0.2) is 4.39 Å². The quantitative estimate of drug-likeness (QED) is 0.754. The summed E-state index contributed by atoms with van der Waals surface area (Å²) in [7, 11) is 3.91. The van der Waals surface area contributed by atoms with Gasteiger partial charge in [0.25, 0.3) is 0 Å². The minimum Gasteiger partial charge on any atom is -0.339 e. The van der Waals surface area contributed by atoms with E-state index >= 15 is 0 Å². The molecule has 138 valence electrons. The van der Waals surface area contributed by atoms with Gasteiger partial charge in [-0.15, -0.1) is 0 Å². The van der Waals surface area contributed by atoms with Crippen molar-refractivity contribution in [3.05, 3.63) is 35.6 Å². The number of carbonyl (C=O) groups is 2. The molecule has 0 bridgehead atoms. The second-order valence-corrected chi connectivity index (χ2v) is 6.79. The third-order valence-corrected chi connectivity index (χ3v) is 4.53. The molecule has 0 saturated carbocycles. The Kier molecular flexibility index (Phi) is 7.37. The van der Waals surface area contributed by atoms with Crippen molar-refractivity contribution >= 4 is 11.8 Å². The van der Waals surface area contributed by atoms with Gasteiger partial charge >= 0.3 is 0 Å². The predicted molar refractivity (Wildman–Crippen MR) is 95.7 cm³/mol. The van der Waals surface area contributed by atoms with Crippen molar-refractivity contribution in [1.82, 2.24) is 14.7 Å². The van der Waals surface area contributed by atoms with E-state index in [2.05, 4.69) is 0 Å². The molecular formula is C19H28FN3O2. The summed E-state index contributed by atoms with van der Waals surface area (Å²) in [6, 6.07) is 6.42. The van der Waals surface area contributed by atoms with Gasteiger partial charge in [-0.2, -0.15) is 0 Å². The Morgan fingerprint density at radius 1 is 0.960 bits per heavy atom. The van der Waals surface area contributed by atoms with Gasteiger partial charge in [0.15, 0.2) is 0 Å². The van der Waals surface area contributed by atoms with Crippen molar-refractivity contribution in [1.29, 1.82) is 0 Å². The van der Waals surface area contributed by atoms with E-state index < -0.39 is 0 Å². The molecule has 0 aromatic heterocycles. The normalized spacial score (nSPS) is 14.9. The Morgan fingerprint density at radius 2 is 1.48 bits per heavy atom. The number of carbonyl (C=O) groups excluding carboxylic acids is 2. The van der Waals surface area contributed by atoms with Crippen molar-refractivity contribution in [3.63, 3.8) is 0 Å². The molecule has 0 spiro atoms. The van der Waals surface area contributed by atoms with E-state index in [1.54, 1.807) is 12.1 Å². The van der Waals surface area contributed by atoms with E-state index in [4.69, 9.17) is 0 Å². The first-order valence-corrected chi connectivity index (χ1v) is 8.90. The first-order chi connectivity index (χ1) is 12.0. The Hall–Kier alpha value is -1.95. The number of aryl methyl sites for hydroxylation is 1. The third-order valence-electron chi connectivity index (χ3n) is 4.53. The second kappa shape index (κ2) is 9.51. The van der Waals surface area contributed by atoms with Crippen molar-refractivity contribution in [2.75, 3.05) is 46.8 Å². The first kappa shape index (κ1) is 19.4. The highest BCUT2D eigenvalue weighted by Gasteiger charge is 2.23. The number of hydrogen-bond donors (Lipinski definition) is 0. The minimum atomic E-state index is -0.238. The summed E-state index contributed by atoms with van der Waals surface area (Å²) in [6.45, 7) is 3.22. The van der Waals surface area contributed by atoms with Gasteiger partial charge in [0.1, 0.15) is 5.82 Å². The van der Waals surface area contributed by atoms with Crippen LogP contribution in [-0.4, -0.2) is 73.3 Å². The molecule has 5 nitrogen and oxygen atoms in total. The summed E-state index contributed by atoms with van der Waals surface area (Å²) >= 11 is 0. The fourth-order valence-electron chi connectivity index (χ4n) is 2.94. The number of rotatable bonds is 7. The molecule has 1 aromatic rings. The zero-order chi connectivity index (χ0) is 18.2. The largest absolute Gasteiger partial charge is 0.339 e. The van der Waals surface area contributed by atoms with Crippen LogP contribution in [0.3, 0.4) is 0 Å². The lowest BCUT2D eigenvalue weighted by atomic mass is 10.1. The summed E-state index contributed by atoms with van der Waals surface area (Å²) in [5.41, 5.74) is 1.05. The summed E-state index contributed by atoms with van der Waals surface area (Å²) in [4.78, 5) is 30.1. The van der Waals surface area contributed by atoms with E-state index in [9.17, 15) is 14.0 Å². The van der Waals surface area contributed by atoms with Crippen LogP contribution in [0, 0.1) is 5.82 Å². The lowest BCUT2D eigenvalue weighted by Gasteiger charge is -2.35. The molecule has 0 unspecified atom stereocenters. The van der Waals surface area contributed by atoms with Gasteiger partial charge < -0.3 is 14.7 Å². The fraction of sp³-hybridized carbons (Fsp3) is 0.579. The molecule has 2 rings (SSSR count). The average Bonchev–Trinajstić information content (AvgIpc) is 2.61. The summed E-state index contributed by atoms with van der Waals surface area (Å²) < 4.78 is 12.9. The molecule has 0 N–H and O–H groups in total. The van der Waals surface area contributed by atoms with Crippen LogP contribution >= 0.6 is 0 Å². The van der Waals surface area contributed by atoms with Crippen LogP contribution in [0.5, 0.6) is 0 Å². The van der Waals surface area contributed by atoms with Crippen LogP contribution in [0.25, 0.3) is 0 Å².